The van der Waals surface area contributed by atoms with Crippen LogP contribution in [0.4, 0.5) is 0 Å². The highest BCUT2D eigenvalue weighted by Crippen LogP contribution is 2.19. The SMILES string of the molecule is O=S1(=O)COCCN1C[C@@H]1CC(c2ccccc2)=NO1. The molecule has 6 nitrogen and oxygen atoms in total. The molecule has 20 heavy (non-hydrogen) atoms. The molecule has 0 amide bonds. The lowest BCUT2D eigenvalue weighted by Gasteiger charge is -2.27. The molecule has 1 aromatic rings. The molecule has 0 aliphatic carbocycles. The summed E-state index contributed by atoms with van der Waals surface area (Å²) in [6, 6.07) is 9.76. The Labute approximate surface area is 118 Å². The van der Waals surface area contributed by atoms with Crippen molar-refractivity contribution in [2.45, 2.75) is 12.5 Å². The Morgan fingerprint density at radius 2 is 2.10 bits per heavy atom. The summed E-state index contributed by atoms with van der Waals surface area (Å²) < 4.78 is 30.1. The lowest BCUT2D eigenvalue weighted by atomic mass is 10.1. The molecular weight excluding hydrogens is 280 g/mol. The summed E-state index contributed by atoms with van der Waals surface area (Å²) in [6.45, 7) is 1.13. The largest absolute Gasteiger partial charge is 0.390 e. The molecule has 1 saturated heterocycles. The Morgan fingerprint density at radius 3 is 2.85 bits per heavy atom. The number of sulfonamides is 1. The molecule has 2 aliphatic heterocycles. The summed E-state index contributed by atoms with van der Waals surface area (Å²) in [7, 11) is -3.31. The molecule has 1 atom stereocenters. The van der Waals surface area contributed by atoms with Crippen LogP contribution in [-0.2, 0) is 19.6 Å². The van der Waals surface area contributed by atoms with Gasteiger partial charge in [0.05, 0.1) is 18.9 Å². The first-order valence-electron chi connectivity index (χ1n) is 6.49. The first-order valence-corrected chi connectivity index (χ1v) is 8.10. The first kappa shape index (κ1) is 13.5. The van der Waals surface area contributed by atoms with Crippen LogP contribution in [0.1, 0.15) is 12.0 Å². The second-order valence-electron chi connectivity index (χ2n) is 4.83. The molecule has 1 fully saturated rings. The Morgan fingerprint density at radius 1 is 1.30 bits per heavy atom. The van der Waals surface area contributed by atoms with E-state index in [4.69, 9.17) is 9.57 Å². The van der Waals surface area contributed by atoms with Crippen molar-refractivity contribution in [3.05, 3.63) is 35.9 Å². The Kier molecular flexibility index (Phi) is 3.73. The van der Waals surface area contributed by atoms with Gasteiger partial charge in [0.1, 0.15) is 6.10 Å². The fourth-order valence-electron chi connectivity index (χ4n) is 2.30. The molecule has 0 spiro atoms. The monoisotopic (exact) mass is 296 g/mol. The summed E-state index contributed by atoms with van der Waals surface area (Å²) in [5, 5.41) is 4.06. The smallest absolute Gasteiger partial charge is 0.238 e. The van der Waals surface area contributed by atoms with E-state index in [0.29, 0.717) is 26.1 Å². The van der Waals surface area contributed by atoms with Crippen LogP contribution in [0, 0.1) is 0 Å². The van der Waals surface area contributed by atoms with E-state index >= 15 is 0 Å². The topological polar surface area (TPSA) is 68.2 Å². The molecule has 0 radical (unpaired) electrons. The molecule has 2 aliphatic rings. The lowest BCUT2D eigenvalue weighted by Crippen LogP contribution is -2.44. The average molecular weight is 296 g/mol. The van der Waals surface area contributed by atoms with E-state index in [2.05, 4.69) is 5.16 Å². The predicted octanol–water partition coefficient (Wildman–Crippen LogP) is 0.799. The van der Waals surface area contributed by atoms with Crippen LogP contribution >= 0.6 is 0 Å². The molecule has 7 heteroatoms. The number of hydrogen-bond donors (Lipinski definition) is 0. The number of rotatable bonds is 3. The maximum absolute atomic E-state index is 11.8. The van der Waals surface area contributed by atoms with E-state index in [1.54, 1.807) is 0 Å². The van der Waals surface area contributed by atoms with Crippen LogP contribution in [0.2, 0.25) is 0 Å². The van der Waals surface area contributed by atoms with E-state index in [0.717, 1.165) is 11.3 Å². The number of ether oxygens (including phenoxy) is 1. The number of benzene rings is 1. The third kappa shape index (κ3) is 2.84. The molecular formula is C13H16N2O4S. The third-order valence-electron chi connectivity index (χ3n) is 3.36. The van der Waals surface area contributed by atoms with Gasteiger partial charge in [-0.2, -0.15) is 4.31 Å². The quantitative estimate of drug-likeness (QED) is 0.827. The second-order valence-corrected chi connectivity index (χ2v) is 6.75. The summed E-state index contributed by atoms with van der Waals surface area (Å²) in [4.78, 5) is 5.36. The van der Waals surface area contributed by atoms with Gasteiger partial charge in [0.15, 0.2) is 5.94 Å². The van der Waals surface area contributed by atoms with E-state index in [-0.39, 0.29) is 12.0 Å². The summed E-state index contributed by atoms with van der Waals surface area (Å²) in [5.74, 6) is -0.244. The maximum atomic E-state index is 11.8. The molecule has 0 unspecified atom stereocenters. The molecule has 1 aromatic carbocycles. The fourth-order valence-corrected chi connectivity index (χ4v) is 3.53. The molecule has 0 bridgehead atoms. The highest BCUT2D eigenvalue weighted by Gasteiger charge is 2.32. The van der Waals surface area contributed by atoms with Crippen molar-refractivity contribution in [1.82, 2.24) is 4.31 Å². The number of nitrogens with zero attached hydrogens (tertiary/aromatic N) is 2. The minimum atomic E-state index is -3.31. The van der Waals surface area contributed by atoms with Gasteiger partial charge < -0.3 is 9.57 Å². The minimum absolute atomic E-state index is 0.224. The second kappa shape index (κ2) is 5.51. The van der Waals surface area contributed by atoms with Gasteiger partial charge in [0.2, 0.25) is 10.0 Å². The Bertz CT molecular complexity index is 600. The van der Waals surface area contributed by atoms with Crippen molar-refractivity contribution in [1.29, 1.82) is 0 Å². The molecule has 108 valence electrons. The molecule has 0 N–H and O–H groups in total. The highest BCUT2D eigenvalue weighted by molar-refractivity contribution is 7.88. The number of hydrogen-bond acceptors (Lipinski definition) is 5. The molecule has 3 rings (SSSR count). The van der Waals surface area contributed by atoms with Gasteiger partial charge in [0, 0.05) is 13.0 Å². The lowest BCUT2D eigenvalue weighted by molar-refractivity contribution is 0.0565. The zero-order valence-electron chi connectivity index (χ0n) is 10.9. The van der Waals surface area contributed by atoms with Gasteiger partial charge in [-0.25, -0.2) is 8.42 Å². The van der Waals surface area contributed by atoms with Crippen molar-refractivity contribution in [3.63, 3.8) is 0 Å². The first-order chi connectivity index (χ1) is 9.65. The van der Waals surface area contributed by atoms with Crippen LogP contribution in [0.5, 0.6) is 0 Å². The van der Waals surface area contributed by atoms with Crippen LogP contribution in [-0.4, -0.2) is 50.2 Å². The van der Waals surface area contributed by atoms with Crippen molar-refractivity contribution in [3.8, 4) is 0 Å². The van der Waals surface area contributed by atoms with Crippen LogP contribution in [0.15, 0.2) is 35.5 Å². The third-order valence-corrected chi connectivity index (χ3v) is 4.94. The van der Waals surface area contributed by atoms with E-state index < -0.39 is 10.0 Å². The van der Waals surface area contributed by atoms with Gasteiger partial charge in [-0.3, -0.25) is 0 Å². The van der Waals surface area contributed by atoms with E-state index in [9.17, 15) is 8.42 Å². The standard InChI is InChI=1S/C13H16N2O4S/c16-20(17)10-18-7-6-15(20)9-12-8-13(14-19-12)11-4-2-1-3-5-11/h1-5,12H,6-10H2/t12-/m0/s1. The fraction of sp³-hybridized carbons (Fsp3) is 0.462. The molecule has 2 heterocycles. The summed E-state index contributed by atoms with van der Waals surface area (Å²) in [5.41, 5.74) is 1.88. The normalized spacial score (nSPS) is 26.0. The zero-order valence-corrected chi connectivity index (χ0v) is 11.8. The molecule has 0 aromatic heterocycles. The van der Waals surface area contributed by atoms with E-state index in [1.165, 1.54) is 4.31 Å². The van der Waals surface area contributed by atoms with Crippen LogP contribution in [0.3, 0.4) is 0 Å². The van der Waals surface area contributed by atoms with E-state index in [1.807, 2.05) is 30.3 Å². The van der Waals surface area contributed by atoms with Crippen molar-refractivity contribution in [2.75, 3.05) is 25.6 Å². The van der Waals surface area contributed by atoms with Crippen molar-refractivity contribution in [2.24, 2.45) is 5.16 Å². The van der Waals surface area contributed by atoms with Gasteiger partial charge >= 0.3 is 0 Å². The predicted molar refractivity (Wildman–Crippen MR) is 73.8 cm³/mol. The van der Waals surface area contributed by atoms with Crippen LogP contribution < -0.4 is 0 Å². The Balaban J connectivity index is 1.62. The zero-order chi connectivity index (χ0) is 14.0. The Hall–Kier alpha value is -1.44. The van der Waals surface area contributed by atoms with Crippen molar-refractivity contribution >= 4 is 15.7 Å². The minimum Gasteiger partial charge on any atom is -0.390 e. The molecule has 0 saturated carbocycles. The summed E-state index contributed by atoms with van der Waals surface area (Å²) >= 11 is 0. The van der Waals surface area contributed by atoms with Gasteiger partial charge in [-0.15, -0.1) is 0 Å². The number of oxime groups is 1. The maximum Gasteiger partial charge on any atom is 0.238 e. The summed E-state index contributed by atoms with van der Waals surface area (Å²) in [6.07, 6.45) is 0.398. The van der Waals surface area contributed by atoms with Gasteiger partial charge in [0.25, 0.3) is 0 Å². The average Bonchev–Trinajstić information content (AvgIpc) is 2.91. The highest BCUT2D eigenvalue weighted by atomic mass is 32.2. The van der Waals surface area contributed by atoms with Gasteiger partial charge in [-0.05, 0) is 5.56 Å². The van der Waals surface area contributed by atoms with Crippen molar-refractivity contribution < 1.29 is 18.0 Å². The van der Waals surface area contributed by atoms with Crippen LogP contribution in [0.25, 0.3) is 0 Å². The van der Waals surface area contributed by atoms with Gasteiger partial charge in [-0.1, -0.05) is 35.5 Å².